The molecule has 0 atom stereocenters. The van der Waals surface area contributed by atoms with Crippen LogP contribution in [0, 0.1) is 5.92 Å². The topological polar surface area (TPSA) is 68.2 Å². The fraction of sp³-hybridized carbons (Fsp3) is 0.636. The van der Waals surface area contributed by atoms with Gasteiger partial charge < -0.3 is 11.1 Å². The van der Waals surface area contributed by atoms with E-state index >= 15 is 0 Å². The molecule has 0 saturated carbocycles. The number of nitrogens with zero attached hydrogens (tertiary/aromatic N) is 3. The second-order valence-electron chi connectivity index (χ2n) is 4.28. The Bertz CT molecular complexity index is 340. The number of hydrogen-bond acceptors (Lipinski definition) is 2. The Morgan fingerprint density at radius 2 is 2.38 bits per heavy atom. The van der Waals surface area contributed by atoms with Crippen LogP contribution in [0.2, 0.25) is 0 Å². The van der Waals surface area contributed by atoms with E-state index in [1.54, 1.807) is 4.68 Å². The number of nitrogens with one attached hydrogen (secondary N) is 1. The van der Waals surface area contributed by atoms with Crippen LogP contribution in [0.4, 0.5) is 0 Å². The molecule has 1 aromatic heterocycles. The minimum absolute atomic E-state index is 0.518. The van der Waals surface area contributed by atoms with Crippen LogP contribution in [0.5, 0.6) is 0 Å². The molecule has 1 rings (SSSR count). The summed E-state index contributed by atoms with van der Waals surface area (Å²) >= 11 is 0. The zero-order chi connectivity index (χ0) is 12.0. The van der Waals surface area contributed by atoms with Crippen molar-refractivity contribution in [2.45, 2.75) is 20.3 Å². The van der Waals surface area contributed by atoms with E-state index < -0.39 is 0 Å². The van der Waals surface area contributed by atoms with Crippen LogP contribution < -0.4 is 11.1 Å². The van der Waals surface area contributed by atoms with E-state index in [4.69, 9.17) is 5.73 Å². The first-order valence-electron chi connectivity index (χ1n) is 5.60. The van der Waals surface area contributed by atoms with Crippen molar-refractivity contribution in [2.75, 3.05) is 13.1 Å². The van der Waals surface area contributed by atoms with E-state index in [1.165, 1.54) is 0 Å². The molecular formula is C11H21N5. The molecule has 0 aromatic carbocycles. The van der Waals surface area contributed by atoms with Crippen molar-refractivity contribution in [3.05, 3.63) is 18.0 Å². The van der Waals surface area contributed by atoms with Crippen LogP contribution in [0.25, 0.3) is 0 Å². The summed E-state index contributed by atoms with van der Waals surface area (Å²) in [5.41, 5.74) is 6.77. The molecule has 0 spiro atoms. The highest BCUT2D eigenvalue weighted by atomic mass is 15.2. The maximum absolute atomic E-state index is 5.70. The quantitative estimate of drug-likeness (QED) is 0.565. The van der Waals surface area contributed by atoms with Crippen molar-refractivity contribution in [2.24, 2.45) is 23.7 Å². The molecule has 5 heteroatoms. The van der Waals surface area contributed by atoms with Crippen molar-refractivity contribution >= 4 is 5.96 Å². The van der Waals surface area contributed by atoms with Gasteiger partial charge in [0.1, 0.15) is 0 Å². The molecular weight excluding hydrogens is 202 g/mol. The number of guanidine groups is 1. The van der Waals surface area contributed by atoms with Crippen molar-refractivity contribution < 1.29 is 0 Å². The number of aryl methyl sites for hydroxylation is 1. The molecule has 0 aliphatic rings. The Morgan fingerprint density at radius 1 is 1.62 bits per heavy atom. The van der Waals surface area contributed by atoms with Crippen LogP contribution in [0.15, 0.2) is 17.3 Å². The highest BCUT2D eigenvalue weighted by molar-refractivity contribution is 5.77. The lowest BCUT2D eigenvalue weighted by Crippen LogP contribution is -2.33. The Balaban J connectivity index is 2.22. The Morgan fingerprint density at radius 3 is 2.94 bits per heavy atom. The Labute approximate surface area is 96.7 Å². The summed E-state index contributed by atoms with van der Waals surface area (Å²) in [5.74, 6) is 1.06. The summed E-state index contributed by atoms with van der Waals surface area (Å²) in [6.45, 7) is 5.77. The van der Waals surface area contributed by atoms with Gasteiger partial charge >= 0.3 is 0 Å². The molecule has 0 amide bonds. The average molecular weight is 223 g/mol. The summed E-state index contributed by atoms with van der Waals surface area (Å²) in [6.07, 6.45) is 2.80. The second kappa shape index (κ2) is 6.15. The van der Waals surface area contributed by atoms with Gasteiger partial charge in [0.15, 0.2) is 5.96 Å². The number of aliphatic imine (C=N–C) groups is 1. The van der Waals surface area contributed by atoms with E-state index in [9.17, 15) is 0 Å². The van der Waals surface area contributed by atoms with Gasteiger partial charge in [-0.25, -0.2) is 0 Å². The zero-order valence-electron chi connectivity index (χ0n) is 10.3. The lowest BCUT2D eigenvalue weighted by molar-refractivity contribution is 0.660. The molecule has 0 aliphatic heterocycles. The zero-order valence-corrected chi connectivity index (χ0v) is 10.3. The molecule has 0 saturated heterocycles. The highest BCUT2D eigenvalue weighted by Crippen LogP contribution is 1.94. The van der Waals surface area contributed by atoms with Gasteiger partial charge in [-0.2, -0.15) is 5.10 Å². The largest absolute Gasteiger partial charge is 0.370 e. The number of rotatable bonds is 5. The van der Waals surface area contributed by atoms with Gasteiger partial charge in [0, 0.05) is 32.8 Å². The summed E-state index contributed by atoms with van der Waals surface area (Å²) in [5, 5.41) is 7.35. The van der Waals surface area contributed by atoms with Crippen molar-refractivity contribution in [3.63, 3.8) is 0 Å². The molecule has 5 nitrogen and oxygen atoms in total. The smallest absolute Gasteiger partial charge is 0.188 e. The van der Waals surface area contributed by atoms with E-state index in [2.05, 4.69) is 29.3 Å². The van der Waals surface area contributed by atoms with Crippen molar-refractivity contribution in [1.29, 1.82) is 0 Å². The van der Waals surface area contributed by atoms with Gasteiger partial charge in [-0.05, 0) is 12.0 Å². The lowest BCUT2D eigenvalue weighted by Gasteiger charge is -2.05. The van der Waals surface area contributed by atoms with Crippen molar-refractivity contribution in [3.8, 4) is 0 Å². The first kappa shape index (κ1) is 12.5. The molecule has 0 radical (unpaired) electrons. The van der Waals surface area contributed by atoms with Crippen LogP contribution in [0.3, 0.4) is 0 Å². The summed E-state index contributed by atoms with van der Waals surface area (Å²) in [6, 6.07) is 2.00. The predicted molar refractivity (Wildman–Crippen MR) is 66.2 cm³/mol. The van der Waals surface area contributed by atoms with Gasteiger partial charge in [-0.3, -0.25) is 9.67 Å². The number of aromatic nitrogens is 2. The molecule has 0 bridgehead atoms. The number of nitrogens with two attached hydrogens (primary N) is 1. The second-order valence-corrected chi connectivity index (χ2v) is 4.28. The van der Waals surface area contributed by atoms with Gasteiger partial charge in [0.25, 0.3) is 0 Å². The van der Waals surface area contributed by atoms with E-state index in [0.29, 0.717) is 11.9 Å². The maximum Gasteiger partial charge on any atom is 0.188 e. The minimum Gasteiger partial charge on any atom is -0.370 e. The van der Waals surface area contributed by atoms with Crippen LogP contribution in [-0.4, -0.2) is 28.8 Å². The van der Waals surface area contributed by atoms with Crippen LogP contribution in [0.1, 0.15) is 19.5 Å². The first-order chi connectivity index (χ1) is 7.58. The third-order valence-corrected chi connectivity index (χ3v) is 2.08. The molecule has 0 unspecified atom stereocenters. The predicted octanol–water partition coefficient (Wildman–Crippen LogP) is 0.523. The Hall–Kier alpha value is -1.52. The third-order valence-electron chi connectivity index (χ3n) is 2.08. The third kappa shape index (κ3) is 4.82. The SMILES string of the molecule is CC(C)CN=C(N)NCCc1ccn(C)n1. The van der Waals surface area contributed by atoms with E-state index in [-0.39, 0.29) is 0 Å². The lowest BCUT2D eigenvalue weighted by atomic mass is 10.2. The van der Waals surface area contributed by atoms with Crippen LogP contribution >= 0.6 is 0 Å². The monoisotopic (exact) mass is 223 g/mol. The van der Waals surface area contributed by atoms with Gasteiger partial charge in [0.2, 0.25) is 0 Å². The van der Waals surface area contributed by atoms with Gasteiger partial charge in [-0.1, -0.05) is 13.8 Å². The van der Waals surface area contributed by atoms with Crippen molar-refractivity contribution in [1.82, 2.24) is 15.1 Å². The van der Waals surface area contributed by atoms with Gasteiger partial charge in [-0.15, -0.1) is 0 Å². The van der Waals surface area contributed by atoms with Crippen LogP contribution in [-0.2, 0) is 13.5 Å². The van der Waals surface area contributed by atoms with E-state index in [1.807, 2.05) is 19.3 Å². The fourth-order valence-corrected chi connectivity index (χ4v) is 1.25. The molecule has 1 aromatic rings. The normalized spacial score (nSPS) is 12.1. The Kier molecular flexibility index (Phi) is 4.82. The summed E-state index contributed by atoms with van der Waals surface area (Å²) in [4.78, 5) is 4.22. The average Bonchev–Trinajstić information content (AvgIpc) is 2.61. The molecule has 3 N–H and O–H groups in total. The summed E-state index contributed by atoms with van der Waals surface area (Å²) < 4.78 is 1.80. The maximum atomic E-state index is 5.70. The first-order valence-corrected chi connectivity index (χ1v) is 5.60. The standard InChI is InChI=1S/C11H21N5/c1-9(2)8-14-11(12)13-6-4-10-5-7-16(3)15-10/h5,7,9H,4,6,8H2,1-3H3,(H3,12,13,14). The highest BCUT2D eigenvalue weighted by Gasteiger charge is 1.97. The molecule has 90 valence electrons. The van der Waals surface area contributed by atoms with E-state index in [0.717, 1.165) is 25.2 Å². The van der Waals surface area contributed by atoms with Gasteiger partial charge in [0.05, 0.1) is 5.69 Å². The fourth-order valence-electron chi connectivity index (χ4n) is 1.25. The minimum atomic E-state index is 0.518. The molecule has 0 aliphatic carbocycles. The molecule has 1 heterocycles. The molecule has 16 heavy (non-hydrogen) atoms. The number of hydrogen-bond donors (Lipinski definition) is 2. The summed E-state index contributed by atoms with van der Waals surface area (Å²) in [7, 11) is 1.91. The molecule has 0 fully saturated rings.